The highest BCUT2D eigenvalue weighted by molar-refractivity contribution is 9.09. The molecule has 0 radical (unpaired) electrons. The highest BCUT2D eigenvalue weighted by Gasteiger charge is 2.04. The second-order valence-corrected chi connectivity index (χ2v) is 4.93. The molecule has 1 N–H and O–H groups in total. The molecular formula is C11H20BrN3. The molecule has 0 saturated heterocycles. The summed E-state index contributed by atoms with van der Waals surface area (Å²) in [6.45, 7) is 7.32. The topological polar surface area (TPSA) is 29.9 Å². The summed E-state index contributed by atoms with van der Waals surface area (Å²) in [4.78, 5) is 0. The van der Waals surface area contributed by atoms with Gasteiger partial charge < -0.3 is 5.32 Å². The minimum absolute atomic E-state index is 0.443. The van der Waals surface area contributed by atoms with E-state index >= 15 is 0 Å². The first-order valence-corrected chi connectivity index (χ1v) is 6.59. The van der Waals surface area contributed by atoms with Crippen LogP contribution in [0.5, 0.6) is 0 Å². The van der Waals surface area contributed by atoms with Crippen molar-refractivity contribution in [3.05, 3.63) is 18.0 Å². The first kappa shape index (κ1) is 12.7. The SMILES string of the molecule is CC(CCBr)NCc1ccn(C(C)C)n1. The van der Waals surface area contributed by atoms with E-state index in [4.69, 9.17) is 0 Å². The minimum Gasteiger partial charge on any atom is -0.309 e. The summed E-state index contributed by atoms with van der Waals surface area (Å²) in [6.07, 6.45) is 3.18. The van der Waals surface area contributed by atoms with E-state index in [1.807, 2.05) is 10.9 Å². The Hall–Kier alpha value is -0.350. The normalized spacial score (nSPS) is 13.4. The van der Waals surface area contributed by atoms with Crippen LogP contribution >= 0.6 is 15.9 Å². The number of nitrogens with one attached hydrogen (secondary N) is 1. The molecule has 1 aromatic rings. The third-order valence-corrected chi connectivity index (χ3v) is 2.82. The first-order chi connectivity index (χ1) is 7.13. The molecule has 0 aromatic carbocycles. The summed E-state index contributed by atoms with van der Waals surface area (Å²) in [5.74, 6) is 0. The molecule has 15 heavy (non-hydrogen) atoms. The molecule has 0 aliphatic rings. The molecule has 1 heterocycles. The van der Waals surface area contributed by atoms with Crippen molar-refractivity contribution in [2.45, 2.75) is 45.8 Å². The zero-order valence-electron chi connectivity index (χ0n) is 9.70. The van der Waals surface area contributed by atoms with E-state index in [1.54, 1.807) is 0 Å². The summed E-state index contributed by atoms with van der Waals surface area (Å²) < 4.78 is 1.99. The maximum Gasteiger partial charge on any atom is 0.0762 e. The van der Waals surface area contributed by atoms with Gasteiger partial charge >= 0.3 is 0 Å². The second-order valence-electron chi connectivity index (χ2n) is 4.14. The monoisotopic (exact) mass is 273 g/mol. The van der Waals surface area contributed by atoms with E-state index in [0.717, 1.165) is 24.0 Å². The van der Waals surface area contributed by atoms with Crippen LogP contribution in [0.1, 0.15) is 38.9 Å². The van der Waals surface area contributed by atoms with Crippen molar-refractivity contribution in [3.63, 3.8) is 0 Å². The standard InChI is InChI=1S/C11H20BrN3/c1-9(2)15-7-5-11(14-15)8-13-10(3)4-6-12/h5,7,9-10,13H,4,6,8H2,1-3H3. The molecule has 1 unspecified atom stereocenters. The highest BCUT2D eigenvalue weighted by Crippen LogP contribution is 2.04. The maximum atomic E-state index is 4.48. The van der Waals surface area contributed by atoms with Gasteiger partial charge in [0.2, 0.25) is 0 Å². The summed E-state index contributed by atoms with van der Waals surface area (Å²) in [7, 11) is 0. The Morgan fingerprint density at radius 1 is 1.47 bits per heavy atom. The van der Waals surface area contributed by atoms with Gasteiger partial charge in [-0.1, -0.05) is 15.9 Å². The predicted molar refractivity (Wildman–Crippen MR) is 67.3 cm³/mol. The van der Waals surface area contributed by atoms with E-state index in [0.29, 0.717) is 12.1 Å². The average molecular weight is 274 g/mol. The van der Waals surface area contributed by atoms with Gasteiger partial charge in [-0.05, 0) is 33.3 Å². The van der Waals surface area contributed by atoms with Crippen LogP contribution in [-0.4, -0.2) is 21.2 Å². The second kappa shape index (κ2) is 6.28. The van der Waals surface area contributed by atoms with Crippen molar-refractivity contribution >= 4 is 15.9 Å². The third kappa shape index (κ3) is 4.34. The van der Waals surface area contributed by atoms with Gasteiger partial charge in [-0.15, -0.1) is 0 Å². The van der Waals surface area contributed by atoms with E-state index in [1.165, 1.54) is 0 Å². The van der Waals surface area contributed by atoms with Crippen LogP contribution in [0.25, 0.3) is 0 Å². The molecule has 0 bridgehead atoms. The van der Waals surface area contributed by atoms with Crippen LogP contribution in [0.15, 0.2) is 12.3 Å². The molecule has 86 valence electrons. The van der Waals surface area contributed by atoms with Gasteiger partial charge in [0.1, 0.15) is 0 Å². The number of hydrogen-bond donors (Lipinski definition) is 1. The molecule has 4 heteroatoms. The van der Waals surface area contributed by atoms with Crippen LogP contribution < -0.4 is 5.32 Å². The molecule has 0 spiro atoms. The zero-order chi connectivity index (χ0) is 11.3. The van der Waals surface area contributed by atoms with Crippen LogP contribution in [0.2, 0.25) is 0 Å². The van der Waals surface area contributed by atoms with Gasteiger partial charge in [0.15, 0.2) is 0 Å². The Bertz CT molecular complexity index is 283. The lowest BCUT2D eigenvalue weighted by Crippen LogP contribution is -2.26. The minimum atomic E-state index is 0.443. The Balaban J connectivity index is 2.37. The van der Waals surface area contributed by atoms with Crippen molar-refractivity contribution in [2.24, 2.45) is 0 Å². The molecule has 3 nitrogen and oxygen atoms in total. The molecule has 0 aliphatic carbocycles. The highest BCUT2D eigenvalue weighted by atomic mass is 79.9. The smallest absolute Gasteiger partial charge is 0.0762 e. The van der Waals surface area contributed by atoms with Gasteiger partial charge in [0.05, 0.1) is 5.69 Å². The van der Waals surface area contributed by atoms with Crippen molar-refractivity contribution < 1.29 is 0 Å². The summed E-state index contributed by atoms with van der Waals surface area (Å²) in [6, 6.07) is 3.06. The lowest BCUT2D eigenvalue weighted by atomic mass is 10.2. The Labute approximate surface area is 100 Å². The molecule has 1 aromatic heterocycles. The predicted octanol–water partition coefficient (Wildman–Crippen LogP) is 2.73. The number of halogens is 1. The molecular weight excluding hydrogens is 254 g/mol. The maximum absolute atomic E-state index is 4.48. The van der Waals surface area contributed by atoms with E-state index in [-0.39, 0.29) is 0 Å². The van der Waals surface area contributed by atoms with E-state index < -0.39 is 0 Å². The number of rotatable bonds is 6. The zero-order valence-corrected chi connectivity index (χ0v) is 11.3. The number of nitrogens with zero attached hydrogens (tertiary/aromatic N) is 2. The molecule has 1 atom stereocenters. The van der Waals surface area contributed by atoms with Crippen LogP contribution in [0, 0.1) is 0 Å². The lowest BCUT2D eigenvalue weighted by Gasteiger charge is -2.10. The van der Waals surface area contributed by atoms with E-state index in [2.05, 4.69) is 53.2 Å². The van der Waals surface area contributed by atoms with Crippen molar-refractivity contribution in [1.29, 1.82) is 0 Å². The fourth-order valence-corrected chi connectivity index (χ4v) is 1.99. The molecule has 0 amide bonds. The van der Waals surface area contributed by atoms with Gasteiger partial charge in [0.25, 0.3) is 0 Å². The number of hydrogen-bond acceptors (Lipinski definition) is 2. The van der Waals surface area contributed by atoms with Crippen molar-refractivity contribution in [2.75, 3.05) is 5.33 Å². The van der Waals surface area contributed by atoms with Gasteiger partial charge in [-0.2, -0.15) is 5.10 Å². The quantitative estimate of drug-likeness (QED) is 0.808. The van der Waals surface area contributed by atoms with Gasteiger partial charge in [-0.25, -0.2) is 0 Å². The summed E-state index contributed by atoms with van der Waals surface area (Å²) in [5.41, 5.74) is 1.12. The molecule has 0 fully saturated rings. The fraction of sp³-hybridized carbons (Fsp3) is 0.727. The van der Waals surface area contributed by atoms with Crippen LogP contribution in [-0.2, 0) is 6.54 Å². The Morgan fingerprint density at radius 3 is 2.73 bits per heavy atom. The Kier molecular flexibility index (Phi) is 5.32. The fourth-order valence-electron chi connectivity index (χ4n) is 1.30. The third-order valence-electron chi connectivity index (χ3n) is 2.37. The largest absolute Gasteiger partial charge is 0.309 e. The van der Waals surface area contributed by atoms with Crippen molar-refractivity contribution in [1.82, 2.24) is 15.1 Å². The lowest BCUT2D eigenvalue weighted by molar-refractivity contribution is 0.503. The molecule has 0 aliphatic heterocycles. The average Bonchev–Trinajstić information content (AvgIpc) is 2.63. The Morgan fingerprint density at radius 2 is 2.20 bits per heavy atom. The van der Waals surface area contributed by atoms with Gasteiger partial charge in [0, 0.05) is 30.2 Å². The van der Waals surface area contributed by atoms with Crippen molar-refractivity contribution in [3.8, 4) is 0 Å². The van der Waals surface area contributed by atoms with Crippen LogP contribution in [0.3, 0.4) is 0 Å². The van der Waals surface area contributed by atoms with E-state index in [9.17, 15) is 0 Å². The summed E-state index contributed by atoms with van der Waals surface area (Å²) >= 11 is 3.44. The number of aromatic nitrogens is 2. The molecule has 1 rings (SSSR count). The molecule has 0 saturated carbocycles. The number of alkyl halides is 1. The first-order valence-electron chi connectivity index (χ1n) is 5.47. The summed E-state index contributed by atoms with van der Waals surface area (Å²) in [5, 5.41) is 8.97. The van der Waals surface area contributed by atoms with Crippen LogP contribution in [0.4, 0.5) is 0 Å². The van der Waals surface area contributed by atoms with Gasteiger partial charge in [-0.3, -0.25) is 4.68 Å².